The van der Waals surface area contributed by atoms with Crippen molar-refractivity contribution in [2.75, 3.05) is 43.1 Å². The average molecular weight is 503 g/mol. The molecule has 2 atom stereocenters. The molecular formula is C28H30N4O5. The number of aryl methyl sites for hydroxylation is 2. The van der Waals surface area contributed by atoms with Gasteiger partial charge in [0.2, 0.25) is 5.95 Å². The largest absolute Gasteiger partial charge is 0.490 e. The highest BCUT2D eigenvalue weighted by molar-refractivity contribution is 5.77. The summed E-state index contributed by atoms with van der Waals surface area (Å²) in [6, 6.07) is 12.1. The molecule has 2 N–H and O–H groups in total. The number of nitrogens with one attached hydrogen (secondary N) is 1. The molecule has 1 aromatic heterocycles. The molecule has 192 valence electrons. The fraction of sp³-hybridized carbons (Fsp3) is 0.393. The first kappa shape index (κ1) is 23.5. The fourth-order valence-corrected chi connectivity index (χ4v) is 5.48. The third kappa shape index (κ3) is 4.55. The molecule has 0 aliphatic carbocycles. The molecule has 0 saturated carbocycles. The van der Waals surface area contributed by atoms with E-state index in [2.05, 4.69) is 28.4 Å². The summed E-state index contributed by atoms with van der Waals surface area (Å²) in [4.78, 5) is 22.9. The van der Waals surface area contributed by atoms with Crippen LogP contribution in [-0.2, 0) is 16.0 Å². The van der Waals surface area contributed by atoms with Gasteiger partial charge in [0.25, 0.3) is 0 Å². The van der Waals surface area contributed by atoms with Gasteiger partial charge >= 0.3 is 5.97 Å². The molecule has 9 heteroatoms. The minimum Gasteiger partial charge on any atom is -0.490 e. The molecule has 3 aromatic rings. The fourth-order valence-electron chi connectivity index (χ4n) is 5.48. The summed E-state index contributed by atoms with van der Waals surface area (Å²) < 4.78 is 17.5. The first-order chi connectivity index (χ1) is 18.0. The van der Waals surface area contributed by atoms with E-state index in [0.29, 0.717) is 26.2 Å². The van der Waals surface area contributed by atoms with Crippen LogP contribution >= 0.6 is 0 Å². The van der Waals surface area contributed by atoms with E-state index in [1.54, 1.807) is 0 Å². The van der Waals surface area contributed by atoms with E-state index in [-0.39, 0.29) is 18.6 Å². The van der Waals surface area contributed by atoms with Gasteiger partial charge in [-0.05, 0) is 37.6 Å². The van der Waals surface area contributed by atoms with Crippen molar-refractivity contribution in [1.82, 2.24) is 9.97 Å². The summed E-state index contributed by atoms with van der Waals surface area (Å²) >= 11 is 0. The second kappa shape index (κ2) is 9.55. The SMILES string of the molecule is Cc1nc(N2CCOCC2)nc(C)c1-c1cccc2c1OC[C@H]2Nc1ccc2c(c1)C[C@H](CC(=O)O)O2. The molecule has 0 spiro atoms. The first-order valence-corrected chi connectivity index (χ1v) is 12.7. The minimum absolute atomic E-state index is 0.0000327. The standard InChI is InChI=1S/C28H30N4O5/c1-16-26(17(2)30-28(29-16)32-8-10-35-11-9-32)22-5-3-4-21-23(15-36-27(21)22)31-19-6-7-24-18(12-19)13-20(37-24)14-25(33)34/h3-7,12,20,23,31H,8-11,13-15H2,1-2H3,(H,33,34)/t20-,23-/m1/s1. The lowest BCUT2D eigenvalue weighted by molar-refractivity contribution is -0.138. The number of para-hydroxylation sites is 1. The van der Waals surface area contributed by atoms with Gasteiger partial charge in [0, 0.05) is 41.9 Å². The molecule has 4 heterocycles. The van der Waals surface area contributed by atoms with Crippen LogP contribution in [0.1, 0.15) is 35.0 Å². The molecule has 3 aliphatic rings. The van der Waals surface area contributed by atoms with E-state index in [1.165, 1.54) is 0 Å². The van der Waals surface area contributed by atoms with Gasteiger partial charge in [-0.15, -0.1) is 0 Å². The van der Waals surface area contributed by atoms with Gasteiger partial charge in [0.15, 0.2) is 0 Å². The zero-order chi connectivity index (χ0) is 25.5. The predicted molar refractivity (Wildman–Crippen MR) is 139 cm³/mol. The molecule has 3 aliphatic heterocycles. The zero-order valence-electron chi connectivity index (χ0n) is 21.0. The maximum Gasteiger partial charge on any atom is 0.307 e. The van der Waals surface area contributed by atoms with E-state index < -0.39 is 5.97 Å². The van der Waals surface area contributed by atoms with E-state index in [9.17, 15) is 4.79 Å². The number of hydrogen-bond acceptors (Lipinski definition) is 8. The zero-order valence-corrected chi connectivity index (χ0v) is 21.0. The Morgan fingerprint density at radius 1 is 1.14 bits per heavy atom. The second-order valence-corrected chi connectivity index (χ2v) is 9.77. The lowest BCUT2D eigenvalue weighted by Gasteiger charge is -2.27. The third-order valence-corrected chi connectivity index (χ3v) is 7.18. The third-order valence-electron chi connectivity index (χ3n) is 7.18. The highest BCUT2D eigenvalue weighted by atomic mass is 16.5. The minimum atomic E-state index is -0.849. The Balaban J connectivity index is 1.24. The first-order valence-electron chi connectivity index (χ1n) is 12.7. The maximum absolute atomic E-state index is 11.1. The Labute approximate surface area is 215 Å². The lowest BCUT2D eigenvalue weighted by atomic mass is 9.97. The molecular weight excluding hydrogens is 472 g/mol. The summed E-state index contributed by atoms with van der Waals surface area (Å²) in [6.07, 6.45) is 0.280. The number of nitrogens with zero attached hydrogens (tertiary/aromatic N) is 3. The number of carboxylic acids is 1. The molecule has 0 unspecified atom stereocenters. The Kier molecular flexibility index (Phi) is 6.08. The summed E-state index contributed by atoms with van der Waals surface area (Å²) in [6.45, 7) is 7.54. The van der Waals surface area contributed by atoms with E-state index in [0.717, 1.165) is 69.9 Å². The number of carbonyl (C=O) groups is 1. The topological polar surface area (TPSA) is 106 Å². The highest BCUT2D eigenvalue weighted by Crippen LogP contribution is 2.44. The van der Waals surface area contributed by atoms with Crippen molar-refractivity contribution in [2.24, 2.45) is 0 Å². The van der Waals surface area contributed by atoms with Crippen LogP contribution in [0.5, 0.6) is 11.5 Å². The number of hydrogen-bond donors (Lipinski definition) is 2. The number of carboxylic acid groups (broad SMARTS) is 1. The summed E-state index contributed by atoms with van der Waals surface area (Å²) in [5.41, 5.74) is 6.93. The van der Waals surface area contributed by atoms with Crippen LogP contribution in [0.15, 0.2) is 36.4 Å². The molecule has 9 nitrogen and oxygen atoms in total. The van der Waals surface area contributed by atoms with Crippen molar-refractivity contribution in [1.29, 1.82) is 0 Å². The number of rotatable bonds is 6. The number of fused-ring (bicyclic) bond motifs is 2. The molecule has 0 bridgehead atoms. The molecule has 1 saturated heterocycles. The van der Waals surface area contributed by atoms with Crippen molar-refractivity contribution in [2.45, 2.75) is 38.8 Å². The van der Waals surface area contributed by atoms with Crippen LogP contribution in [0.3, 0.4) is 0 Å². The molecule has 37 heavy (non-hydrogen) atoms. The molecule has 6 rings (SSSR count). The molecule has 2 aromatic carbocycles. The van der Waals surface area contributed by atoms with Gasteiger partial charge in [-0.25, -0.2) is 9.97 Å². The van der Waals surface area contributed by atoms with Crippen LogP contribution < -0.4 is 19.7 Å². The highest BCUT2D eigenvalue weighted by Gasteiger charge is 2.30. The monoisotopic (exact) mass is 502 g/mol. The number of anilines is 2. The quantitative estimate of drug-likeness (QED) is 0.519. The van der Waals surface area contributed by atoms with Crippen LogP contribution in [0.25, 0.3) is 11.1 Å². The number of aromatic nitrogens is 2. The lowest BCUT2D eigenvalue weighted by Crippen LogP contribution is -2.37. The van der Waals surface area contributed by atoms with Crippen molar-refractivity contribution in [3.63, 3.8) is 0 Å². The number of aliphatic carboxylic acids is 1. The Hall–Kier alpha value is -3.85. The van der Waals surface area contributed by atoms with Gasteiger partial charge in [0.05, 0.1) is 37.1 Å². The summed E-state index contributed by atoms with van der Waals surface area (Å²) in [7, 11) is 0. The Bertz CT molecular complexity index is 1330. The van der Waals surface area contributed by atoms with Gasteiger partial charge < -0.3 is 29.5 Å². The van der Waals surface area contributed by atoms with Crippen molar-refractivity contribution in [3.8, 4) is 22.6 Å². The summed E-state index contributed by atoms with van der Waals surface area (Å²) in [5.74, 6) is 1.52. The van der Waals surface area contributed by atoms with E-state index in [4.69, 9.17) is 29.3 Å². The Morgan fingerprint density at radius 2 is 1.92 bits per heavy atom. The number of benzene rings is 2. The van der Waals surface area contributed by atoms with E-state index >= 15 is 0 Å². The van der Waals surface area contributed by atoms with Gasteiger partial charge in [-0.1, -0.05) is 18.2 Å². The van der Waals surface area contributed by atoms with Gasteiger partial charge in [-0.2, -0.15) is 0 Å². The van der Waals surface area contributed by atoms with E-state index in [1.807, 2.05) is 32.0 Å². The molecule has 1 fully saturated rings. The molecule has 0 amide bonds. The maximum atomic E-state index is 11.1. The van der Waals surface area contributed by atoms with Gasteiger partial charge in [-0.3, -0.25) is 4.79 Å². The second-order valence-electron chi connectivity index (χ2n) is 9.77. The average Bonchev–Trinajstić information content (AvgIpc) is 3.47. The van der Waals surface area contributed by atoms with Crippen LogP contribution in [-0.4, -0.2) is 60.1 Å². The number of morpholine rings is 1. The normalized spacial score (nSPS) is 20.1. The predicted octanol–water partition coefficient (Wildman–Crippen LogP) is 3.92. The van der Waals surface area contributed by atoms with Crippen LogP contribution in [0.2, 0.25) is 0 Å². The Morgan fingerprint density at radius 3 is 2.68 bits per heavy atom. The van der Waals surface area contributed by atoms with Gasteiger partial charge in [0.1, 0.15) is 24.2 Å². The van der Waals surface area contributed by atoms with Crippen LogP contribution in [0.4, 0.5) is 11.6 Å². The van der Waals surface area contributed by atoms with Crippen LogP contribution in [0, 0.1) is 13.8 Å². The van der Waals surface area contributed by atoms with Crippen molar-refractivity contribution in [3.05, 3.63) is 58.9 Å². The smallest absolute Gasteiger partial charge is 0.307 e. The summed E-state index contributed by atoms with van der Waals surface area (Å²) in [5, 5.41) is 12.7. The van der Waals surface area contributed by atoms with Crippen molar-refractivity contribution >= 4 is 17.6 Å². The number of ether oxygens (including phenoxy) is 3. The molecule has 0 radical (unpaired) electrons. The van der Waals surface area contributed by atoms with Crippen molar-refractivity contribution < 1.29 is 24.1 Å².